The molecule has 18 heavy (non-hydrogen) atoms. The lowest BCUT2D eigenvalue weighted by molar-refractivity contribution is 0.0936. The lowest BCUT2D eigenvalue weighted by Crippen LogP contribution is -2.34. The number of carbonyl (C=O) groups is 1. The fourth-order valence-electron chi connectivity index (χ4n) is 1.88. The Morgan fingerprint density at radius 2 is 2.11 bits per heavy atom. The lowest BCUT2D eigenvalue weighted by Gasteiger charge is -2.17. The fraction of sp³-hybridized carbons (Fsp3) is 0.538. The summed E-state index contributed by atoms with van der Waals surface area (Å²) in [4.78, 5) is 16.3. The van der Waals surface area contributed by atoms with Gasteiger partial charge in [-0.25, -0.2) is 4.98 Å². The number of aromatic nitrogens is 1. The Labute approximate surface area is 117 Å². The highest BCUT2D eigenvalue weighted by Crippen LogP contribution is 2.18. The normalized spacial score (nSPS) is 12.3. The summed E-state index contributed by atoms with van der Waals surface area (Å²) in [5, 5.41) is 5.91. The third kappa shape index (κ3) is 4.29. The van der Waals surface area contributed by atoms with E-state index in [0.717, 1.165) is 10.9 Å². The monoisotopic (exact) mass is 313 g/mol. The number of hydrogen-bond acceptors (Lipinski definition) is 3. The minimum atomic E-state index is -0.0960. The van der Waals surface area contributed by atoms with Gasteiger partial charge in [0.25, 0.3) is 5.91 Å². The second kappa shape index (κ2) is 6.73. The summed E-state index contributed by atoms with van der Waals surface area (Å²) in [7, 11) is 1.75. The molecular weight excluding hydrogens is 294 g/mol. The van der Waals surface area contributed by atoms with Crippen LogP contribution in [0.2, 0.25) is 0 Å². The van der Waals surface area contributed by atoms with Crippen molar-refractivity contribution in [2.45, 2.75) is 33.2 Å². The molecule has 1 unspecified atom stereocenters. The number of nitrogens with zero attached hydrogens (tertiary/aromatic N) is 1. The average molecular weight is 314 g/mol. The van der Waals surface area contributed by atoms with Crippen LogP contribution < -0.4 is 10.6 Å². The van der Waals surface area contributed by atoms with E-state index in [-0.39, 0.29) is 11.9 Å². The highest BCUT2D eigenvalue weighted by atomic mass is 79.9. The van der Waals surface area contributed by atoms with Crippen molar-refractivity contribution >= 4 is 27.7 Å². The molecule has 100 valence electrons. The van der Waals surface area contributed by atoms with Gasteiger partial charge in [0.05, 0.1) is 5.56 Å². The molecule has 0 radical (unpaired) electrons. The molecule has 0 bridgehead atoms. The van der Waals surface area contributed by atoms with Crippen LogP contribution in [-0.2, 0) is 0 Å². The third-order valence-corrected chi connectivity index (χ3v) is 2.97. The lowest BCUT2D eigenvalue weighted by atomic mass is 10.0. The summed E-state index contributed by atoms with van der Waals surface area (Å²) < 4.78 is 0.795. The van der Waals surface area contributed by atoms with Crippen molar-refractivity contribution in [3.63, 3.8) is 0 Å². The molecule has 0 aliphatic carbocycles. The van der Waals surface area contributed by atoms with Gasteiger partial charge in [0.2, 0.25) is 0 Å². The molecule has 2 N–H and O–H groups in total. The van der Waals surface area contributed by atoms with Gasteiger partial charge in [0.1, 0.15) is 5.82 Å². The van der Waals surface area contributed by atoms with Crippen LogP contribution in [0.15, 0.2) is 16.7 Å². The van der Waals surface area contributed by atoms with E-state index in [1.165, 1.54) is 0 Å². The van der Waals surface area contributed by atoms with Crippen LogP contribution in [0.1, 0.15) is 37.6 Å². The summed E-state index contributed by atoms with van der Waals surface area (Å²) in [6.07, 6.45) is 2.63. The molecule has 0 aliphatic rings. The maximum Gasteiger partial charge on any atom is 0.255 e. The van der Waals surface area contributed by atoms with Crippen molar-refractivity contribution in [1.82, 2.24) is 10.3 Å². The highest BCUT2D eigenvalue weighted by Gasteiger charge is 2.15. The zero-order valence-corrected chi connectivity index (χ0v) is 12.8. The SMILES string of the molecule is CNc1ncc(Br)cc1C(=O)NC(C)CC(C)C. The zero-order chi connectivity index (χ0) is 13.7. The number of hydrogen-bond donors (Lipinski definition) is 2. The van der Waals surface area contributed by atoms with Gasteiger partial charge in [-0.1, -0.05) is 13.8 Å². The van der Waals surface area contributed by atoms with Crippen LogP contribution in [0.3, 0.4) is 0 Å². The topological polar surface area (TPSA) is 54.0 Å². The molecule has 1 heterocycles. The molecule has 0 aromatic carbocycles. The molecule has 0 spiro atoms. The standard InChI is InChI=1S/C13H20BrN3O/c1-8(2)5-9(3)17-13(18)11-6-10(14)7-16-12(11)15-4/h6-9H,5H2,1-4H3,(H,15,16)(H,17,18). The zero-order valence-electron chi connectivity index (χ0n) is 11.2. The first-order valence-corrected chi connectivity index (χ1v) is 6.87. The Hall–Kier alpha value is -1.10. The number of amides is 1. The summed E-state index contributed by atoms with van der Waals surface area (Å²) >= 11 is 3.33. The van der Waals surface area contributed by atoms with Crippen molar-refractivity contribution in [3.05, 3.63) is 22.3 Å². The minimum Gasteiger partial charge on any atom is -0.372 e. The smallest absolute Gasteiger partial charge is 0.255 e. The van der Waals surface area contributed by atoms with E-state index in [2.05, 4.69) is 45.4 Å². The second-order valence-corrected chi connectivity index (χ2v) is 5.72. The molecule has 5 heteroatoms. The van der Waals surface area contributed by atoms with E-state index < -0.39 is 0 Å². The van der Waals surface area contributed by atoms with Crippen molar-refractivity contribution < 1.29 is 4.79 Å². The van der Waals surface area contributed by atoms with Gasteiger partial charge in [-0.3, -0.25) is 4.79 Å². The van der Waals surface area contributed by atoms with Crippen LogP contribution in [0.5, 0.6) is 0 Å². The van der Waals surface area contributed by atoms with Crippen LogP contribution in [-0.4, -0.2) is 24.0 Å². The van der Waals surface area contributed by atoms with Crippen molar-refractivity contribution in [2.24, 2.45) is 5.92 Å². The van der Waals surface area contributed by atoms with E-state index >= 15 is 0 Å². The van der Waals surface area contributed by atoms with Gasteiger partial charge in [0, 0.05) is 23.8 Å². The van der Waals surface area contributed by atoms with Crippen LogP contribution in [0.25, 0.3) is 0 Å². The summed E-state index contributed by atoms with van der Waals surface area (Å²) in [5.41, 5.74) is 0.558. The van der Waals surface area contributed by atoms with Gasteiger partial charge < -0.3 is 10.6 Å². The Morgan fingerprint density at radius 1 is 1.44 bits per heavy atom. The van der Waals surface area contributed by atoms with Crippen molar-refractivity contribution in [2.75, 3.05) is 12.4 Å². The number of pyridine rings is 1. The van der Waals surface area contributed by atoms with E-state index in [9.17, 15) is 4.79 Å². The molecule has 1 amide bonds. The molecule has 1 atom stereocenters. The second-order valence-electron chi connectivity index (χ2n) is 4.80. The number of nitrogens with one attached hydrogen (secondary N) is 2. The Kier molecular flexibility index (Phi) is 5.59. The minimum absolute atomic E-state index is 0.0960. The quantitative estimate of drug-likeness (QED) is 0.878. The number of rotatable bonds is 5. The first kappa shape index (κ1) is 15.0. The first-order valence-electron chi connectivity index (χ1n) is 6.08. The number of anilines is 1. The molecule has 0 saturated heterocycles. The molecule has 0 aliphatic heterocycles. The van der Waals surface area contributed by atoms with Crippen LogP contribution in [0, 0.1) is 5.92 Å². The van der Waals surface area contributed by atoms with Crippen molar-refractivity contribution in [3.8, 4) is 0 Å². The molecular formula is C13H20BrN3O. The van der Waals surface area contributed by atoms with Crippen LogP contribution >= 0.6 is 15.9 Å². The molecule has 1 aromatic heterocycles. The predicted octanol–water partition coefficient (Wildman–Crippen LogP) is 3.05. The van der Waals surface area contributed by atoms with Gasteiger partial charge in [-0.2, -0.15) is 0 Å². The fourth-order valence-corrected chi connectivity index (χ4v) is 2.21. The predicted molar refractivity (Wildman–Crippen MR) is 77.9 cm³/mol. The summed E-state index contributed by atoms with van der Waals surface area (Å²) in [6.45, 7) is 6.30. The van der Waals surface area contributed by atoms with Gasteiger partial charge in [-0.15, -0.1) is 0 Å². The van der Waals surface area contributed by atoms with E-state index in [4.69, 9.17) is 0 Å². The molecule has 0 saturated carbocycles. The number of carbonyl (C=O) groups excluding carboxylic acids is 1. The Bertz CT molecular complexity index is 421. The van der Waals surface area contributed by atoms with Crippen molar-refractivity contribution in [1.29, 1.82) is 0 Å². The molecule has 4 nitrogen and oxygen atoms in total. The maximum atomic E-state index is 12.2. The highest BCUT2D eigenvalue weighted by molar-refractivity contribution is 9.10. The van der Waals surface area contributed by atoms with E-state index in [0.29, 0.717) is 17.3 Å². The van der Waals surface area contributed by atoms with Gasteiger partial charge in [-0.05, 0) is 41.3 Å². The molecule has 0 fully saturated rings. The van der Waals surface area contributed by atoms with Crippen LogP contribution in [0.4, 0.5) is 5.82 Å². The number of halogens is 1. The van der Waals surface area contributed by atoms with E-state index in [1.54, 1.807) is 19.3 Å². The first-order chi connectivity index (χ1) is 8.43. The third-order valence-electron chi connectivity index (χ3n) is 2.54. The molecule has 1 aromatic rings. The van der Waals surface area contributed by atoms with Gasteiger partial charge in [0.15, 0.2) is 0 Å². The Balaban J connectivity index is 2.80. The van der Waals surface area contributed by atoms with Gasteiger partial charge >= 0.3 is 0 Å². The maximum absolute atomic E-state index is 12.2. The Morgan fingerprint density at radius 3 is 2.67 bits per heavy atom. The largest absolute Gasteiger partial charge is 0.372 e. The average Bonchev–Trinajstić information content (AvgIpc) is 2.27. The van der Waals surface area contributed by atoms with E-state index in [1.807, 2.05) is 6.92 Å². The summed E-state index contributed by atoms with van der Waals surface area (Å²) in [6, 6.07) is 1.93. The summed E-state index contributed by atoms with van der Waals surface area (Å²) in [5.74, 6) is 1.05. The molecule has 1 rings (SSSR count).